The van der Waals surface area contributed by atoms with Gasteiger partial charge >= 0.3 is 5.97 Å². The van der Waals surface area contributed by atoms with Crippen molar-refractivity contribution in [2.24, 2.45) is 23.7 Å². The molecule has 16 atom stereocenters. The third kappa shape index (κ3) is 8.47. The Hall–Kier alpha value is -1.80. The highest BCUT2D eigenvalue weighted by Crippen LogP contribution is 2.47. The standard InChI is InChI=1S/C37H63NO11/c1-19-14-20(2)30-21(3)16-37(10,49-30)32(48-35-29(40)27(38(11)12)15-22(4)44-35)23(5)31(24(6)34(41)46-25(19)7)47-28-17-36(9,42-13)33(43-18-39)26(8)45-28/h18-20,22-29,31-33,35,40H,14-17H2,1-13H3/t19-,20-,22-,23+,24-,25-,26+,27?,28?,29?,31?,32?,33?,35?,36-,37-/m1/s1. The fourth-order valence-corrected chi connectivity index (χ4v) is 8.63. The molecule has 282 valence electrons. The third-order valence-corrected chi connectivity index (χ3v) is 11.6. The van der Waals surface area contributed by atoms with Crippen LogP contribution in [0.4, 0.5) is 0 Å². The number of hydrogen-bond donors (Lipinski definition) is 1. The van der Waals surface area contributed by atoms with Gasteiger partial charge in [0.1, 0.15) is 29.5 Å². The Bertz CT molecular complexity index is 1180. The number of aliphatic hydroxyl groups excluding tert-OH is 1. The van der Waals surface area contributed by atoms with Crippen molar-refractivity contribution >= 4 is 12.4 Å². The van der Waals surface area contributed by atoms with Gasteiger partial charge in [-0.25, -0.2) is 0 Å². The summed E-state index contributed by atoms with van der Waals surface area (Å²) in [5, 5.41) is 11.6. The summed E-state index contributed by atoms with van der Waals surface area (Å²) >= 11 is 0. The van der Waals surface area contributed by atoms with E-state index in [1.165, 1.54) is 0 Å². The Labute approximate surface area is 293 Å². The lowest BCUT2D eigenvalue weighted by molar-refractivity contribution is -0.317. The second-order valence-electron chi connectivity index (χ2n) is 16.0. The van der Waals surface area contributed by atoms with E-state index < -0.39 is 66.1 Å². The molecule has 49 heavy (non-hydrogen) atoms. The molecular weight excluding hydrogens is 634 g/mol. The molecule has 4 aliphatic rings. The lowest BCUT2D eigenvalue weighted by Crippen LogP contribution is -2.60. The number of carbonyl (C=O) groups is 2. The first-order chi connectivity index (χ1) is 22.8. The van der Waals surface area contributed by atoms with E-state index in [0.717, 1.165) is 17.8 Å². The molecule has 12 heteroatoms. The molecule has 0 aromatic heterocycles. The molecule has 4 rings (SSSR count). The van der Waals surface area contributed by atoms with E-state index in [2.05, 4.69) is 20.8 Å². The number of allylic oxidation sites excluding steroid dienone is 1. The number of aliphatic hydroxyl groups is 1. The molecular formula is C37H63NO11. The predicted molar refractivity (Wildman–Crippen MR) is 181 cm³/mol. The number of esters is 1. The highest BCUT2D eigenvalue weighted by Gasteiger charge is 2.54. The molecule has 0 aromatic rings. The zero-order valence-corrected chi connectivity index (χ0v) is 32.0. The zero-order valence-electron chi connectivity index (χ0n) is 32.0. The monoisotopic (exact) mass is 697 g/mol. The first kappa shape index (κ1) is 40.0. The number of likely N-dealkylation sites (N-methyl/N-ethyl adjacent to an activating group) is 1. The molecule has 7 unspecified atom stereocenters. The molecule has 0 saturated carbocycles. The largest absolute Gasteiger partial charge is 0.489 e. The molecule has 12 nitrogen and oxygen atoms in total. The second kappa shape index (κ2) is 15.8. The minimum absolute atomic E-state index is 0.0708. The van der Waals surface area contributed by atoms with Crippen molar-refractivity contribution in [3.05, 3.63) is 11.3 Å². The maximum atomic E-state index is 14.0. The number of carbonyl (C=O) groups excluding carboxylic acids is 2. The van der Waals surface area contributed by atoms with Crippen LogP contribution in [0.1, 0.15) is 94.9 Å². The summed E-state index contributed by atoms with van der Waals surface area (Å²) in [7, 11) is 5.44. The lowest BCUT2D eigenvalue weighted by atomic mass is 9.79. The fraction of sp³-hybridized carbons (Fsp3) is 0.892. The summed E-state index contributed by atoms with van der Waals surface area (Å²) in [6, 6.07) is -0.180. The van der Waals surface area contributed by atoms with Crippen molar-refractivity contribution in [2.75, 3.05) is 21.2 Å². The van der Waals surface area contributed by atoms with Crippen molar-refractivity contribution in [2.45, 2.75) is 167 Å². The van der Waals surface area contributed by atoms with E-state index in [1.807, 2.05) is 60.5 Å². The Balaban J connectivity index is 1.78. The molecule has 2 bridgehead atoms. The summed E-state index contributed by atoms with van der Waals surface area (Å²) in [5.74, 6) is -0.546. The zero-order chi connectivity index (χ0) is 36.6. The topological polar surface area (TPSA) is 131 Å². The molecule has 0 aromatic carbocycles. The van der Waals surface area contributed by atoms with Crippen LogP contribution in [0, 0.1) is 23.7 Å². The fourth-order valence-electron chi connectivity index (χ4n) is 8.63. The van der Waals surface area contributed by atoms with Crippen molar-refractivity contribution in [3.63, 3.8) is 0 Å². The van der Waals surface area contributed by atoms with E-state index >= 15 is 0 Å². The molecule has 1 N–H and O–H groups in total. The van der Waals surface area contributed by atoms with E-state index in [1.54, 1.807) is 14.0 Å². The maximum Gasteiger partial charge on any atom is 0.311 e. The van der Waals surface area contributed by atoms with Gasteiger partial charge in [0.05, 0.1) is 30.0 Å². The van der Waals surface area contributed by atoms with Gasteiger partial charge in [-0.3, -0.25) is 9.59 Å². The van der Waals surface area contributed by atoms with Crippen LogP contribution in [0.3, 0.4) is 0 Å². The summed E-state index contributed by atoms with van der Waals surface area (Å²) in [6.45, 7) is 20.1. The summed E-state index contributed by atoms with van der Waals surface area (Å²) < 4.78 is 50.7. The quantitative estimate of drug-likeness (QED) is 0.281. The van der Waals surface area contributed by atoms with E-state index in [0.29, 0.717) is 19.3 Å². The van der Waals surface area contributed by atoms with Gasteiger partial charge in [0.25, 0.3) is 6.47 Å². The minimum Gasteiger partial charge on any atom is -0.489 e. The van der Waals surface area contributed by atoms with Crippen LogP contribution < -0.4 is 0 Å². The molecule has 0 radical (unpaired) electrons. The number of nitrogens with zero attached hydrogens (tertiary/aromatic N) is 1. The number of rotatable bonds is 8. The van der Waals surface area contributed by atoms with Gasteiger partial charge in [-0.05, 0) is 86.9 Å². The van der Waals surface area contributed by atoms with E-state index in [-0.39, 0.29) is 42.5 Å². The van der Waals surface area contributed by atoms with E-state index in [4.69, 9.17) is 37.9 Å². The van der Waals surface area contributed by atoms with Crippen LogP contribution in [0.15, 0.2) is 11.3 Å². The van der Waals surface area contributed by atoms with Gasteiger partial charge in [-0.2, -0.15) is 0 Å². The van der Waals surface area contributed by atoms with Gasteiger partial charge in [0.15, 0.2) is 18.7 Å². The summed E-state index contributed by atoms with van der Waals surface area (Å²) in [4.78, 5) is 27.3. The van der Waals surface area contributed by atoms with E-state index in [9.17, 15) is 14.7 Å². The Morgan fingerprint density at radius 1 is 0.959 bits per heavy atom. The van der Waals surface area contributed by atoms with Crippen molar-refractivity contribution < 1.29 is 52.6 Å². The molecule has 0 aliphatic carbocycles. The average Bonchev–Trinajstić information content (AvgIpc) is 3.35. The van der Waals surface area contributed by atoms with Gasteiger partial charge in [0.2, 0.25) is 0 Å². The highest BCUT2D eigenvalue weighted by molar-refractivity contribution is 5.73. The molecule has 0 spiro atoms. The molecule has 3 saturated heterocycles. The molecule has 4 aliphatic heterocycles. The second-order valence-corrected chi connectivity index (χ2v) is 16.0. The van der Waals surface area contributed by atoms with Crippen LogP contribution in [0.2, 0.25) is 0 Å². The number of hydrogen-bond acceptors (Lipinski definition) is 12. The third-order valence-electron chi connectivity index (χ3n) is 11.6. The smallest absolute Gasteiger partial charge is 0.311 e. The van der Waals surface area contributed by atoms with Crippen LogP contribution in [-0.4, -0.2) is 116 Å². The van der Waals surface area contributed by atoms with Crippen LogP contribution in [0.25, 0.3) is 0 Å². The minimum atomic E-state index is -0.951. The number of cyclic esters (lactones) is 1. The Morgan fingerprint density at radius 2 is 1.63 bits per heavy atom. The first-order valence-corrected chi connectivity index (χ1v) is 18.0. The Morgan fingerprint density at radius 3 is 2.24 bits per heavy atom. The normalized spacial score (nSPS) is 47.0. The Kier molecular flexibility index (Phi) is 12.9. The first-order valence-electron chi connectivity index (χ1n) is 18.0. The maximum absolute atomic E-state index is 14.0. The average molecular weight is 698 g/mol. The number of ether oxygens (including phenoxy) is 8. The van der Waals surface area contributed by atoms with Gasteiger partial charge < -0.3 is 47.9 Å². The van der Waals surface area contributed by atoms with Crippen molar-refractivity contribution in [1.82, 2.24) is 4.90 Å². The van der Waals surface area contributed by atoms with Crippen molar-refractivity contribution in [3.8, 4) is 0 Å². The van der Waals surface area contributed by atoms with Gasteiger partial charge in [-0.15, -0.1) is 0 Å². The highest BCUT2D eigenvalue weighted by atomic mass is 16.7. The summed E-state index contributed by atoms with van der Waals surface area (Å²) in [6.07, 6.45) is -3.64. The van der Waals surface area contributed by atoms with Gasteiger partial charge in [-0.1, -0.05) is 20.8 Å². The number of methoxy groups -OCH3 is 1. The van der Waals surface area contributed by atoms with Crippen LogP contribution >= 0.6 is 0 Å². The molecule has 4 heterocycles. The van der Waals surface area contributed by atoms with Crippen LogP contribution in [0.5, 0.6) is 0 Å². The predicted octanol–water partition coefficient (Wildman–Crippen LogP) is 4.60. The molecule has 3 fully saturated rings. The van der Waals surface area contributed by atoms with Crippen molar-refractivity contribution in [1.29, 1.82) is 0 Å². The SMILES string of the molecule is CO[C@]1(C)CC(OC2[C@H](C)C(OC3O[C@H](C)CC(N(C)C)C3O)[C@@]3(C)CC(C)=C(O3)[C@H](C)C[C@@H](C)[C@@H](C)OC(=O)[C@@H]2C)O[C@@H](C)C1OC=O. The summed E-state index contributed by atoms with van der Waals surface area (Å²) in [5.41, 5.74) is -0.645. The molecule has 0 amide bonds. The van der Waals surface area contributed by atoms with Gasteiger partial charge in [0, 0.05) is 37.8 Å². The van der Waals surface area contributed by atoms with Crippen LogP contribution in [-0.2, 0) is 47.5 Å². The lowest BCUT2D eigenvalue weighted by Gasteiger charge is -2.49. The number of fused-ring (bicyclic) bond motifs is 2.